The molecule has 1 heterocycles. The maximum Gasteiger partial charge on any atom is 0.264 e. The molecule has 0 unspecified atom stereocenters. The first-order valence-electron chi connectivity index (χ1n) is 4.60. The summed E-state index contributed by atoms with van der Waals surface area (Å²) >= 11 is 0. The van der Waals surface area contributed by atoms with Gasteiger partial charge in [-0.15, -0.1) is 0 Å². The maximum atomic E-state index is 13.0. The molecule has 0 bridgehead atoms. The first-order chi connectivity index (χ1) is 7.70. The first kappa shape index (κ1) is 10.4. The van der Waals surface area contributed by atoms with Gasteiger partial charge in [-0.25, -0.2) is 9.49 Å². The number of aromatic nitrogens is 2. The van der Waals surface area contributed by atoms with Crippen LogP contribution in [0.4, 0.5) is 4.39 Å². The number of aromatic amines is 1. The third-order valence-corrected chi connectivity index (χ3v) is 2.12. The van der Waals surface area contributed by atoms with Crippen molar-refractivity contribution in [2.75, 3.05) is 7.11 Å². The number of ether oxygens (including phenoxy) is 1. The Kier molecular flexibility index (Phi) is 2.68. The van der Waals surface area contributed by atoms with Crippen LogP contribution in [0.3, 0.4) is 0 Å². The van der Waals surface area contributed by atoms with Crippen molar-refractivity contribution in [3.8, 4) is 17.0 Å². The summed E-state index contributed by atoms with van der Waals surface area (Å²) in [6, 6.07) is 7.03. The number of nitrogens with one attached hydrogen (secondary N) is 1. The molecule has 0 aliphatic heterocycles. The van der Waals surface area contributed by atoms with Crippen LogP contribution in [0.15, 0.2) is 35.1 Å². The summed E-state index contributed by atoms with van der Waals surface area (Å²) in [5.74, 6) is -0.00965. The van der Waals surface area contributed by atoms with E-state index in [9.17, 15) is 9.18 Å². The third kappa shape index (κ3) is 1.93. The third-order valence-electron chi connectivity index (χ3n) is 2.12. The molecule has 0 fully saturated rings. The zero-order valence-electron chi connectivity index (χ0n) is 8.53. The second-order valence-corrected chi connectivity index (χ2v) is 3.15. The van der Waals surface area contributed by atoms with Gasteiger partial charge in [0.15, 0.2) is 0 Å². The zero-order chi connectivity index (χ0) is 11.5. The van der Waals surface area contributed by atoms with Gasteiger partial charge in [0.1, 0.15) is 11.6 Å². The van der Waals surface area contributed by atoms with E-state index < -0.39 is 0 Å². The predicted octanol–water partition coefficient (Wildman–Crippen LogP) is 1.58. The highest BCUT2D eigenvalue weighted by Gasteiger charge is 2.08. The van der Waals surface area contributed by atoms with Crippen LogP contribution in [-0.2, 0) is 0 Å². The first-order valence-corrected chi connectivity index (χ1v) is 4.60. The number of halogens is 1. The smallest absolute Gasteiger partial charge is 0.264 e. The van der Waals surface area contributed by atoms with Crippen molar-refractivity contribution in [3.63, 3.8) is 0 Å². The Bertz CT molecular complexity index is 546. The van der Waals surface area contributed by atoms with Crippen LogP contribution in [0, 0.1) is 5.82 Å². The molecule has 0 atom stereocenters. The minimum absolute atomic E-state index is 0.287. The molecule has 82 valence electrons. The Morgan fingerprint density at radius 2 is 2.12 bits per heavy atom. The number of rotatable bonds is 2. The van der Waals surface area contributed by atoms with E-state index in [1.54, 1.807) is 12.1 Å². The Morgan fingerprint density at radius 3 is 2.75 bits per heavy atom. The van der Waals surface area contributed by atoms with Gasteiger partial charge in [0.2, 0.25) is 0 Å². The van der Waals surface area contributed by atoms with Crippen LogP contribution >= 0.6 is 0 Å². The molecule has 1 N–H and O–H groups in total. The van der Waals surface area contributed by atoms with E-state index in [-0.39, 0.29) is 11.4 Å². The molecule has 1 aromatic heterocycles. The van der Waals surface area contributed by atoms with Crippen molar-refractivity contribution in [2.45, 2.75) is 0 Å². The normalized spacial score (nSPS) is 10.1. The van der Waals surface area contributed by atoms with Gasteiger partial charge in [-0.1, -0.05) is 0 Å². The minimum atomic E-state index is -0.384. The number of benzene rings is 1. The summed E-state index contributed by atoms with van der Waals surface area (Å²) in [6.45, 7) is 0. The summed E-state index contributed by atoms with van der Waals surface area (Å²) in [6.07, 6.45) is 0. The largest absolute Gasteiger partial charge is 0.496 e. The molecule has 5 heteroatoms. The van der Waals surface area contributed by atoms with Gasteiger partial charge in [-0.2, -0.15) is 5.10 Å². The Hall–Kier alpha value is -2.17. The van der Waals surface area contributed by atoms with E-state index in [4.69, 9.17) is 4.74 Å². The number of hydrogen-bond donors (Lipinski definition) is 1. The summed E-state index contributed by atoms with van der Waals surface area (Å²) in [7, 11) is 1.45. The van der Waals surface area contributed by atoms with Gasteiger partial charge in [0, 0.05) is 17.7 Å². The molecule has 16 heavy (non-hydrogen) atoms. The van der Waals surface area contributed by atoms with Crippen LogP contribution in [0.1, 0.15) is 0 Å². The second kappa shape index (κ2) is 4.14. The minimum Gasteiger partial charge on any atom is -0.496 e. The van der Waals surface area contributed by atoms with Gasteiger partial charge in [-0.3, -0.25) is 4.79 Å². The van der Waals surface area contributed by atoms with Crippen LogP contribution in [-0.4, -0.2) is 17.3 Å². The van der Waals surface area contributed by atoms with Crippen molar-refractivity contribution < 1.29 is 9.13 Å². The van der Waals surface area contributed by atoms with E-state index in [1.165, 1.54) is 25.3 Å². The molecule has 2 rings (SSSR count). The van der Waals surface area contributed by atoms with E-state index in [1.807, 2.05) is 0 Å². The number of H-pyrrole nitrogens is 1. The number of hydrogen-bond acceptors (Lipinski definition) is 3. The monoisotopic (exact) mass is 220 g/mol. The van der Waals surface area contributed by atoms with Gasteiger partial charge >= 0.3 is 0 Å². The van der Waals surface area contributed by atoms with Gasteiger partial charge < -0.3 is 4.74 Å². The highest BCUT2D eigenvalue weighted by atomic mass is 19.1. The molecular formula is C11H9FN2O2. The average Bonchev–Trinajstić information content (AvgIpc) is 2.30. The highest BCUT2D eigenvalue weighted by Crippen LogP contribution is 2.28. The Balaban J connectivity index is 2.55. The van der Waals surface area contributed by atoms with Crippen molar-refractivity contribution >= 4 is 0 Å². The van der Waals surface area contributed by atoms with Crippen LogP contribution in [0.25, 0.3) is 11.3 Å². The lowest BCUT2D eigenvalue weighted by Gasteiger charge is -2.06. The highest BCUT2D eigenvalue weighted by molar-refractivity contribution is 5.66. The summed E-state index contributed by atoms with van der Waals surface area (Å²) < 4.78 is 18.0. The summed E-state index contributed by atoms with van der Waals surface area (Å²) in [5, 5.41) is 6.16. The Labute approximate surface area is 90.7 Å². The molecule has 0 aliphatic carbocycles. The predicted molar refractivity (Wildman–Crippen MR) is 56.8 cm³/mol. The quantitative estimate of drug-likeness (QED) is 0.836. The van der Waals surface area contributed by atoms with E-state index >= 15 is 0 Å². The van der Waals surface area contributed by atoms with Crippen LogP contribution in [0.5, 0.6) is 5.75 Å². The lowest BCUT2D eigenvalue weighted by molar-refractivity contribution is 0.413. The van der Waals surface area contributed by atoms with Gasteiger partial charge in [0.25, 0.3) is 5.56 Å². The van der Waals surface area contributed by atoms with Gasteiger partial charge in [-0.05, 0) is 18.2 Å². The zero-order valence-corrected chi connectivity index (χ0v) is 8.53. The topological polar surface area (TPSA) is 55.0 Å². The molecule has 2 aromatic rings. The summed E-state index contributed by atoms with van der Waals surface area (Å²) in [5.41, 5.74) is 0.862. The van der Waals surface area contributed by atoms with Crippen molar-refractivity contribution in [1.82, 2.24) is 10.2 Å². The van der Waals surface area contributed by atoms with Gasteiger partial charge in [0.05, 0.1) is 12.8 Å². The molecule has 4 nitrogen and oxygen atoms in total. The fraction of sp³-hybridized carbons (Fsp3) is 0.0909. The van der Waals surface area contributed by atoms with Crippen molar-refractivity contribution in [2.24, 2.45) is 0 Å². The van der Waals surface area contributed by atoms with Crippen molar-refractivity contribution in [3.05, 3.63) is 46.5 Å². The maximum absolute atomic E-state index is 13.0. The molecule has 0 saturated carbocycles. The lowest BCUT2D eigenvalue weighted by atomic mass is 10.1. The molecular weight excluding hydrogens is 211 g/mol. The fourth-order valence-electron chi connectivity index (χ4n) is 1.37. The molecule has 0 spiro atoms. The second-order valence-electron chi connectivity index (χ2n) is 3.15. The lowest BCUT2D eigenvalue weighted by Crippen LogP contribution is -2.05. The molecule has 0 saturated heterocycles. The van der Waals surface area contributed by atoms with Crippen LogP contribution in [0.2, 0.25) is 0 Å². The molecule has 0 radical (unpaired) electrons. The SMILES string of the molecule is COc1cc(F)ccc1-c1ccc(=O)[nH]n1. The number of methoxy groups -OCH3 is 1. The molecule has 0 aliphatic rings. The van der Waals surface area contributed by atoms with E-state index in [2.05, 4.69) is 10.2 Å². The van der Waals surface area contributed by atoms with E-state index in [0.717, 1.165) is 0 Å². The Morgan fingerprint density at radius 1 is 1.31 bits per heavy atom. The standard InChI is InChI=1S/C11H9FN2O2/c1-16-10-6-7(12)2-3-8(10)9-4-5-11(15)14-13-9/h2-6H,1H3,(H,14,15). The molecule has 1 aromatic carbocycles. The summed E-state index contributed by atoms with van der Waals surface area (Å²) in [4.78, 5) is 10.9. The average molecular weight is 220 g/mol. The van der Waals surface area contributed by atoms with Crippen molar-refractivity contribution in [1.29, 1.82) is 0 Å². The van der Waals surface area contributed by atoms with Crippen LogP contribution < -0.4 is 10.3 Å². The van der Waals surface area contributed by atoms with E-state index in [0.29, 0.717) is 17.0 Å². The fourth-order valence-corrected chi connectivity index (χ4v) is 1.37. The molecule has 0 amide bonds. The number of nitrogens with zero attached hydrogens (tertiary/aromatic N) is 1.